The Bertz CT molecular complexity index is 811. The van der Waals surface area contributed by atoms with Gasteiger partial charge in [-0.05, 0) is 24.6 Å². The van der Waals surface area contributed by atoms with Crippen LogP contribution in [-0.4, -0.2) is 29.8 Å². The third-order valence-corrected chi connectivity index (χ3v) is 3.71. The average Bonchev–Trinajstić information content (AvgIpc) is 3.04. The van der Waals surface area contributed by atoms with E-state index in [0.29, 0.717) is 12.0 Å². The highest BCUT2D eigenvalue weighted by molar-refractivity contribution is 5.96. The van der Waals surface area contributed by atoms with Gasteiger partial charge in [0.2, 0.25) is 0 Å². The molecule has 0 aliphatic carbocycles. The molecule has 0 spiro atoms. The number of ether oxygens (including phenoxy) is 1. The molecule has 1 unspecified atom stereocenters. The molecule has 146 valence electrons. The second kappa shape index (κ2) is 8.15. The summed E-state index contributed by atoms with van der Waals surface area (Å²) in [6, 6.07) is 6.47. The third-order valence-electron chi connectivity index (χ3n) is 3.71. The minimum Gasteiger partial charge on any atom is -0.484 e. The Balaban J connectivity index is 2.03. The summed E-state index contributed by atoms with van der Waals surface area (Å²) in [5, 5.41) is 11.7. The number of carbonyl (C=O) groups is 2. The molecule has 1 amide bonds. The van der Waals surface area contributed by atoms with E-state index in [2.05, 4.69) is 10.1 Å². The van der Waals surface area contributed by atoms with Crippen molar-refractivity contribution in [2.45, 2.75) is 32.5 Å². The first kappa shape index (κ1) is 20.3. The largest absolute Gasteiger partial charge is 0.484 e. The van der Waals surface area contributed by atoms with Crippen LogP contribution in [0.1, 0.15) is 52.1 Å². The van der Waals surface area contributed by atoms with Gasteiger partial charge in [0.25, 0.3) is 5.91 Å². The van der Waals surface area contributed by atoms with E-state index in [1.54, 1.807) is 13.8 Å². The van der Waals surface area contributed by atoms with Crippen molar-refractivity contribution < 1.29 is 37.0 Å². The number of carbonyl (C=O) groups excluding carboxylic acids is 1. The first-order valence-corrected chi connectivity index (χ1v) is 8.07. The SMILES string of the molecule is CCc1oc(C(=O)NC(C)c2ccc(OCC(F)(F)F)cc2)cc1C(=O)O. The van der Waals surface area contributed by atoms with Gasteiger partial charge < -0.3 is 19.6 Å². The van der Waals surface area contributed by atoms with Crippen LogP contribution >= 0.6 is 0 Å². The van der Waals surface area contributed by atoms with E-state index >= 15 is 0 Å². The van der Waals surface area contributed by atoms with Crippen LogP contribution in [0.4, 0.5) is 13.2 Å². The molecular weight excluding hydrogens is 367 g/mol. The Morgan fingerprint density at radius 1 is 1.26 bits per heavy atom. The third kappa shape index (κ3) is 5.50. The highest BCUT2D eigenvalue weighted by atomic mass is 19.4. The lowest BCUT2D eigenvalue weighted by Crippen LogP contribution is -2.26. The maximum atomic E-state index is 12.3. The normalized spacial score (nSPS) is 12.5. The van der Waals surface area contributed by atoms with E-state index in [-0.39, 0.29) is 22.8 Å². The summed E-state index contributed by atoms with van der Waals surface area (Å²) in [6.45, 7) is 1.99. The zero-order valence-corrected chi connectivity index (χ0v) is 14.6. The number of halogens is 3. The Kier molecular flexibility index (Phi) is 6.14. The van der Waals surface area contributed by atoms with Crippen molar-refractivity contribution in [3.05, 3.63) is 53.0 Å². The summed E-state index contributed by atoms with van der Waals surface area (Å²) in [5.41, 5.74) is 0.560. The lowest BCUT2D eigenvalue weighted by atomic mass is 10.1. The van der Waals surface area contributed by atoms with Crippen LogP contribution < -0.4 is 10.1 Å². The summed E-state index contributed by atoms with van der Waals surface area (Å²) in [4.78, 5) is 23.4. The number of hydrogen-bond acceptors (Lipinski definition) is 4. The van der Waals surface area contributed by atoms with Crippen molar-refractivity contribution in [1.29, 1.82) is 0 Å². The van der Waals surface area contributed by atoms with Crippen LogP contribution in [0.2, 0.25) is 0 Å². The Labute approximate surface area is 152 Å². The van der Waals surface area contributed by atoms with E-state index in [4.69, 9.17) is 9.52 Å². The number of hydrogen-bond donors (Lipinski definition) is 2. The quantitative estimate of drug-likeness (QED) is 0.753. The molecule has 1 aromatic heterocycles. The zero-order valence-electron chi connectivity index (χ0n) is 14.6. The van der Waals surface area contributed by atoms with Crippen LogP contribution in [0.5, 0.6) is 5.75 Å². The van der Waals surface area contributed by atoms with Gasteiger partial charge >= 0.3 is 12.1 Å². The summed E-state index contributed by atoms with van der Waals surface area (Å²) in [7, 11) is 0. The molecule has 6 nitrogen and oxygen atoms in total. The standard InChI is InChI=1S/C18H18F3NO5/c1-3-14-13(17(24)25)8-15(27-14)16(23)22-10(2)11-4-6-12(7-5-11)26-9-18(19,20)21/h4-8,10H,3,9H2,1-2H3,(H,22,23)(H,24,25). The van der Waals surface area contributed by atoms with E-state index in [9.17, 15) is 22.8 Å². The summed E-state index contributed by atoms with van der Waals surface area (Å²) < 4.78 is 46.3. The Morgan fingerprint density at radius 2 is 1.89 bits per heavy atom. The molecular formula is C18H18F3NO5. The fourth-order valence-electron chi connectivity index (χ4n) is 2.35. The molecule has 0 aliphatic heterocycles. The van der Waals surface area contributed by atoms with Crippen molar-refractivity contribution in [1.82, 2.24) is 5.32 Å². The summed E-state index contributed by atoms with van der Waals surface area (Å²) in [5.74, 6) is -1.65. The van der Waals surface area contributed by atoms with Gasteiger partial charge in [-0.25, -0.2) is 4.79 Å². The van der Waals surface area contributed by atoms with E-state index < -0.39 is 30.7 Å². The molecule has 0 bridgehead atoms. The lowest BCUT2D eigenvalue weighted by Gasteiger charge is -2.14. The molecule has 0 radical (unpaired) electrons. The van der Waals surface area contributed by atoms with Crippen LogP contribution in [0.3, 0.4) is 0 Å². The number of benzene rings is 1. The van der Waals surface area contributed by atoms with Gasteiger partial charge in [-0.1, -0.05) is 19.1 Å². The fraction of sp³-hybridized carbons (Fsp3) is 0.333. The molecule has 0 aliphatic rings. The van der Waals surface area contributed by atoms with Crippen molar-refractivity contribution in [2.24, 2.45) is 0 Å². The molecule has 1 aromatic carbocycles. The zero-order chi connectivity index (χ0) is 20.2. The number of aromatic carboxylic acids is 1. The van der Waals surface area contributed by atoms with Gasteiger partial charge in [0.15, 0.2) is 12.4 Å². The molecule has 1 atom stereocenters. The van der Waals surface area contributed by atoms with Gasteiger partial charge in [-0.2, -0.15) is 13.2 Å². The molecule has 2 N–H and O–H groups in total. The predicted molar refractivity (Wildman–Crippen MR) is 88.9 cm³/mol. The van der Waals surface area contributed by atoms with E-state index in [0.717, 1.165) is 6.07 Å². The van der Waals surface area contributed by atoms with Crippen molar-refractivity contribution in [3.8, 4) is 5.75 Å². The minimum atomic E-state index is -4.42. The predicted octanol–water partition coefficient (Wildman–Crippen LogP) is 3.97. The first-order valence-electron chi connectivity index (χ1n) is 8.07. The number of aryl methyl sites for hydroxylation is 1. The number of rotatable bonds is 7. The van der Waals surface area contributed by atoms with Gasteiger partial charge in [0.1, 0.15) is 17.1 Å². The number of nitrogens with one attached hydrogen (secondary N) is 1. The second-order valence-electron chi connectivity index (χ2n) is 5.77. The van der Waals surface area contributed by atoms with E-state index in [1.807, 2.05) is 0 Å². The second-order valence-corrected chi connectivity index (χ2v) is 5.77. The average molecular weight is 385 g/mol. The molecule has 0 saturated heterocycles. The van der Waals surface area contributed by atoms with Crippen LogP contribution in [0.15, 0.2) is 34.7 Å². The Morgan fingerprint density at radius 3 is 2.37 bits per heavy atom. The molecule has 27 heavy (non-hydrogen) atoms. The maximum Gasteiger partial charge on any atom is 0.422 e. The highest BCUT2D eigenvalue weighted by Crippen LogP contribution is 2.22. The number of alkyl halides is 3. The van der Waals surface area contributed by atoms with Gasteiger partial charge in [0, 0.05) is 12.5 Å². The number of carboxylic acids is 1. The number of furan rings is 1. The minimum absolute atomic E-state index is 0.0549. The number of amides is 1. The summed E-state index contributed by atoms with van der Waals surface area (Å²) >= 11 is 0. The van der Waals surface area contributed by atoms with Crippen LogP contribution in [-0.2, 0) is 6.42 Å². The van der Waals surface area contributed by atoms with Crippen LogP contribution in [0, 0.1) is 0 Å². The van der Waals surface area contributed by atoms with Crippen molar-refractivity contribution >= 4 is 11.9 Å². The lowest BCUT2D eigenvalue weighted by molar-refractivity contribution is -0.153. The molecule has 9 heteroatoms. The summed E-state index contributed by atoms with van der Waals surface area (Å²) in [6.07, 6.45) is -4.10. The monoisotopic (exact) mass is 385 g/mol. The molecule has 0 saturated carbocycles. The topological polar surface area (TPSA) is 88.8 Å². The van der Waals surface area contributed by atoms with Gasteiger partial charge in [0.05, 0.1) is 6.04 Å². The molecule has 1 heterocycles. The van der Waals surface area contributed by atoms with Gasteiger partial charge in [-0.3, -0.25) is 4.79 Å². The van der Waals surface area contributed by atoms with Gasteiger partial charge in [-0.15, -0.1) is 0 Å². The fourth-order valence-corrected chi connectivity index (χ4v) is 2.35. The molecule has 2 rings (SSSR count). The number of carboxylic acid groups (broad SMARTS) is 1. The van der Waals surface area contributed by atoms with Crippen LogP contribution in [0.25, 0.3) is 0 Å². The molecule has 0 fully saturated rings. The maximum absolute atomic E-state index is 12.3. The molecule has 2 aromatic rings. The first-order chi connectivity index (χ1) is 12.6. The highest BCUT2D eigenvalue weighted by Gasteiger charge is 2.28. The smallest absolute Gasteiger partial charge is 0.422 e. The van der Waals surface area contributed by atoms with Crippen molar-refractivity contribution in [2.75, 3.05) is 6.61 Å². The van der Waals surface area contributed by atoms with Crippen molar-refractivity contribution in [3.63, 3.8) is 0 Å². The Hall–Kier alpha value is -2.97. The van der Waals surface area contributed by atoms with E-state index in [1.165, 1.54) is 24.3 Å².